The summed E-state index contributed by atoms with van der Waals surface area (Å²) in [4.78, 5) is 31.4. The largest absolute Gasteiger partial charge is 0.477 e. The summed E-state index contributed by atoms with van der Waals surface area (Å²) in [5.74, 6) is -2.05. The monoisotopic (exact) mass is 353 g/mol. The molecule has 6 nitrogen and oxygen atoms in total. The highest BCUT2D eigenvalue weighted by atomic mass is 35.5. The van der Waals surface area contributed by atoms with Crippen LogP contribution in [0.3, 0.4) is 0 Å². The molecule has 23 heavy (non-hydrogen) atoms. The van der Waals surface area contributed by atoms with E-state index in [1.807, 2.05) is 0 Å². The van der Waals surface area contributed by atoms with Crippen molar-refractivity contribution in [1.82, 2.24) is 14.5 Å². The first-order valence-electron chi connectivity index (χ1n) is 6.15. The van der Waals surface area contributed by atoms with E-state index in [9.17, 15) is 19.1 Å². The molecule has 0 saturated heterocycles. The van der Waals surface area contributed by atoms with Gasteiger partial charge < -0.3 is 5.11 Å². The van der Waals surface area contributed by atoms with E-state index in [0.717, 1.165) is 18.5 Å². The number of carboxylic acid groups (broad SMARTS) is 1. The fourth-order valence-corrected chi connectivity index (χ4v) is 2.47. The lowest BCUT2D eigenvalue weighted by Gasteiger charge is -2.12. The minimum Gasteiger partial charge on any atom is -0.477 e. The van der Waals surface area contributed by atoms with E-state index in [0.29, 0.717) is 0 Å². The molecule has 0 atom stereocenters. The van der Waals surface area contributed by atoms with Gasteiger partial charge in [-0.1, -0.05) is 23.2 Å². The van der Waals surface area contributed by atoms with Gasteiger partial charge in [-0.15, -0.1) is 0 Å². The van der Waals surface area contributed by atoms with Crippen molar-refractivity contribution < 1.29 is 14.3 Å². The third kappa shape index (κ3) is 2.64. The quantitative estimate of drug-likeness (QED) is 0.716. The second-order valence-corrected chi connectivity index (χ2v) is 5.31. The van der Waals surface area contributed by atoms with Crippen molar-refractivity contribution in [1.29, 1.82) is 0 Å². The number of halogens is 3. The molecule has 0 radical (unpaired) electrons. The molecule has 0 unspecified atom stereocenters. The molecule has 0 fully saturated rings. The molecule has 0 bridgehead atoms. The van der Waals surface area contributed by atoms with Crippen LogP contribution in [-0.4, -0.2) is 25.6 Å². The first-order valence-corrected chi connectivity index (χ1v) is 6.90. The summed E-state index contributed by atoms with van der Waals surface area (Å²) in [7, 11) is 0. The molecule has 3 aromatic rings. The Bertz CT molecular complexity index is 1020. The van der Waals surface area contributed by atoms with Crippen LogP contribution >= 0.6 is 23.2 Å². The predicted octanol–water partition coefficient (Wildman–Crippen LogP) is 2.92. The first kappa shape index (κ1) is 15.4. The zero-order valence-electron chi connectivity index (χ0n) is 11.1. The molecule has 0 aliphatic rings. The lowest BCUT2D eigenvalue weighted by atomic mass is 10.2. The highest BCUT2D eigenvalue weighted by molar-refractivity contribution is 6.32. The van der Waals surface area contributed by atoms with Gasteiger partial charge in [0.1, 0.15) is 16.5 Å². The van der Waals surface area contributed by atoms with Crippen molar-refractivity contribution in [2.45, 2.75) is 0 Å². The Balaban J connectivity index is 2.48. The summed E-state index contributed by atoms with van der Waals surface area (Å²) >= 11 is 11.8. The lowest BCUT2D eigenvalue weighted by Crippen LogP contribution is -2.19. The minimum absolute atomic E-state index is 0.0235. The fraction of sp³-hybridized carbons (Fsp3) is 0. The Labute approximate surface area is 137 Å². The normalized spacial score (nSPS) is 10.9. The summed E-state index contributed by atoms with van der Waals surface area (Å²) in [6.07, 6.45) is 1.94. The van der Waals surface area contributed by atoms with Gasteiger partial charge in [-0.05, 0) is 18.2 Å². The van der Waals surface area contributed by atoms with E-state index in [1.165, 1.54) is 16.7 Å². The van der Waals surface area contributed by atoms with Crippen LogP contribution in [0.1, 0.15) is 10.4 Å². The maximum Gasteiger partial charge on any atom is 0.341 e. The summed E-state index contributed by atoms with van der Waals surface area (Å²) < 4.78 is 14.4. The third-order valence-corrected chi connectivity index (χ3v) is 3.55. The molecule has 0 spiro atoms. The molecule has 0 aliphatic carbocycles. The van der Waals surface area contributed by atoms with Gasteiger partial charge in [0.2, 0.25) is 5.43 Å². The Morgan fingerprint density at radius 1 is 1.30 bits per heavy atom. The van der Waals surface area contributed by atoms with Crippen LogP contribution in [0.25, 0.3) is 16.9 Å². The molecule has 9 heteroatoms. The molecule has 0 aliphatic heterocycles. The number of hydrogen-bond donors (Lipinski definition) is 1. The second kappa shape index (κ2) is 5.60. The highest BCUT2D eigenvalue weighted by Gasteiger charge is 2.18. The number of hydrogen-bond acceptors (Lipinski definition) is 4. The molecule has 3 heterocycles. The van der Waals surface area contributed by atoms with Crippen molar-refractivity contribution in [3.05, 3.63) is 62.4 Å². The highest BCUT2D eigenvalue weighted by Crippen LogP contribution is 2.23. The number of aromatic nitrogens is 3. The molecule has 0 amide bonds. The Kier molecular flexibility index (Phi) is 3.75. The van der Waals surface area contributed by atoms with Crippen molar-refractivity contribution in [3.63, 3.8) is 0 Å². The van der Waals surface area contributed by atoms with E-state index >= 15 is 0 Å². The summed E-state index contributed by atoms with van der Waals surface area (Å²) in [5.41, 5.74) is -1.15. The first-order chi connectivity index (χ1) is 10.9. The van der Waals surface area contributed by atoms with Gasteiger partial charge in [0, 0.05) is 6.20 Å². The number of aromatic carboxylic acids is 1. The molecule has 0 saturated carbocycles. The summed E-state index contributed by atoms with van der Waals surface area (Å²) in [6, 6.07) is 3.73. The van der Waals surface area contributed by atoms with E-state index in [4.69, 9.17) is 23.2 Å². The van der Waals surface area contributed by atoms with Crippen LogP contribution in [0.5, 0.6) is 0 Å². The van der Waals surface area contributed by atoms with Gasteiger partial charge in [0.05, 0.1) is 16.6 Å². The van der Waals surface area contributed by atoms with Gasteiger partial charge in [-0.25, -0.2) is 19.2 Å². The Morgan fingerprint density at radius 2 is 2.04 bits per heavy atom. The van der Waals surface area contributed by atoms with Crippen LogP contribution in [0.2, 0.25) is 10.2 Å². The van der Waals surface area contributed by atoms with Gasteiger partial charge in [-0.3, -0.25) is 9.36 Å². The van der Waals surface area contributed by atoms with Crippen LogP contribution in [-0.2, 0) is 0 Å². The van der Waals surface area contributed by atoms with E-state index in [1.54, 1.807) is 0 Å². The minimum atomic E-state index is -1.42. The van der Waals surface area contributed by atoms with Gasteiger partial charge in [0.25, 0.3) is 0 Å². The Hall–Kier alpha value is -2.51. The van der Waals surface area contributed by atoms with E-state index < -0.39 is 22.8 Å². The number of fused-ring (bicyclic) bond motifs is 1. The molecular weight excluding hydrogens is 348 g/mol. The van der Waals surface area contributed by atoms with Crippen LogP contribution in [0.15, 0.2) is 35.4 Å². The van der Waals surface area contributed by atoms with Crippen LogP contribution in [0.4, 0.5) is 4.39 Å². The van der Waals surface area contributed by atoms with Gasteiger partial charge in [-0.2, -0.15) is 0 Å². The van der Waals surface area contributed by atoms with Gasteiger partial charge >= 0.3 is 5.97 Å². The van der Waals surface area contributed by atoms with Gasteiger partial charge in [0.15, 0.2) is 11.5 Å². The number of nitrogens with zero attached hydrogens (tertiary/aromatic N) is 3. The number of rotatable bonds is 2. The zero-order valence-corrected chi connectivity index (χ0v) is 12.6. The van der Waals surface area contributed by atoms with Crippen LogP contribution in [0, 0.1) is 5.82 Å². The maximum absolute atomic E-state index is 13.2. The maximum atomic E-state index is 13.2. The van der Waals surface area contributed by atoms with Crippen LogP contribution < -0.4 is 5.43 Å². The SMILES string of the molecule is O=C(O)c1cn(-c2ncc(F)cc2Cl)c2nc(Cl)ccc2c1=O. The lowest BCUT2D eigenvalue weighted by molar-refractivity contribution is 0.0695. The molecule has 1 N–H and O–H groups in total. The molecule has 0 aromatic carbocycles. The number of carbonyl (C=O) groups is 1. The molecule has 116 valence electrons. The average Bonchev–Trinajstić information content (AvgIpc) is 2.48. The summed E-state index contributed by atoms with van der Waals surface area (Å²) in [6.45, 7) is 0. The van der Waals surface area contributed by atoms with Crippen molar-refractivity contribution >= 4 is 40.2 Å². The summed E-state index contributed by atoms with van der Waals surface area (Å²) in [5, 5.41) is 9.23. The van der Waals surface area contributed by atoms with Crippen molar-refractivity contribution in [2.24, 2.45) is 0 Å². The molecule has 3 rings (SSSR count). The standard InChI is InChI=1S/C14H6Cl2FN3O3/c15-9-3-6(17)4-18-13(9)20-5-8(14(22)23)11(21)7-1-2-10(16)19-12(7)20/h1-5H,(H,22,23). The van der Waals surface area contributed by atoms with Crippen molar-refractivity contribution in [2.75, 3.05) is 0 Å². The third-order valence-electron chi connectivity index (χ3n) is 3.06. The van der Waals surface area contributed by atoms with E-state index in [2.05, 4.69) is 9.97 Å². The predicted molar refractivity (Wildman–Crippen MR) is 82.1 cm³/mol. The molecule has 3 aromatic heterocycles. The number of pyridine rings is 3. The van der Waals surface area contributed by atoms with E-state index in [-0.39, 0.29) is 27.0 Å². The van der Waals surface area contributed by atoms with Crippen molar-refractivity contribution in [3.8, 4) is 5.82 Å². The Morgan fingerprint density at radius 3 is 2.70 bits per heavy atom. The average molecular weight is 354 g/mol. The molecular formula is C14H6Cl2FN3O3. The number of carboxylic acids is 1. The zero-order chi connectivity index (χ0) is 16.7. The topological polar surface area (TPSA) is 85.1 Å². The fourth-order valence-electron chi connectivity index (χ4n) is 2.08. The smallest absolute Gasteiger partial charge is 0.341 e. The second-order valence-electron chi connectivity index (χ2n) is 4.51.